The first-order chi connectivity index (χ1) is 12.5. The van der Waals surface area contributed by atoms with Crippen LogP contribution in [-0.4, -0.2) is 81.6 Å². The molecular weight excluding hydrogens is 380 g/mol. The van der Waals surface area contributed by atoms with E-state index in [1.54, 1.807) is 13.8 Å². The average molecular weight is 408 g/mol. The van der Waals surface area contributed by atoms with E-state index in [0.717, 1.165) is 0 Å². The number of carboxylic acid groups (broad SMARTS) is 1. The van der Waals surface area contributed by atoms with Crippen LogP contribution < -0.4 is 21.7 Å². The Bertz CT molecular complexity index is 544. The lowest BCUT2D eigenvalue weighted by molar-refractivity contribution is -0.143. The van der Waals surface area contributed by atoms with Gasteiger partial charge in [0.1, 0.15) is 24.2 Å². The smallest absolute Gasteiger partial charge is 0.328 e. The number of carbonyl (C=O) groups excluding carboxylic acids is 3. The Morgan fingerprint density at radius 2 is 1.48 bits per heavy atom. The van der Waals surface area contributed by atoms with E-state index >= 15 is 0 Å². The van der Waals surface area contributed by atoms with Crippen molar-refractivity contribution in [1.29, 1.82) is 0 Å². The summed E-state index contributed by atoms with van der Waals surface area (Å²) in [7, 11) is 0. The highest BCUT2D eigenvalue weighted by atomic mass is 32.1. The first-order valence-corrected chi connectivity index (χ1v) is 8.88. The summed E-state index contributed by atoms with van der Waals surface area (Å²) in [6, 6.07) is -5.01. The lowest BCUT2D eigenvalue weighted by atomic mass is 10.0. The number of hydrogen-bond donors (Lipinski definition) is 8. The van der Waals surface area contributed by atoms with Crippen molar-refractivity contribution in [2.24, 2.45) is 11.7 Å². The number of aliphatic carboxylic acids is 1. The maximum Gasteiger partial charge on any atom is 0.328 e. The molecule has 0 aliphatic rings. The fourth-order valence-electron chi connectivity index (χ4n) is 1.92. The number of hydrogen-bond acceptors (Lipinski definition) is 8. The predicted octanol–water partition coefficient (Wildman–Crippen LogP) is -3.19. The lowest BCUT2D eigenvalue weighted by Gasteiger charge is -2.26. The monoisotopic (exact) mass is 408 g/mol. The summed E-state index contributed by atoms with van der Waals surface area (Å²) >= 11 is 3.98. The van der Waals surface area contributed by atoms with E-state index in [-0.39, 0.29) is 5.75 Å². The van der Waals surface area contributed by atoms with Gasteiger partial charge < -0.3 is 37.0 Å². The average Bonchev–Trinajstić information content (AvgIpc) is 2.59. The molecule has 0 radical (unpaired) electrons. The molecule has 0 rings (SSSR count). The van der Waals surface area contributed by atoms with Gasteiger partial charge in [-0.25, -0.2) is 4.79 Å². The van der Waals surface area contributed by atoms with Crippen LogP contribution in [0.5, 0.6) is 0 Å². The number of aliphatic hydroxyl groups excluding tert-OH is 2. The number of thiol groups is 1. The summed E-state index contributed by atoms with van der Waals surface area (Å²) in [5.41, 5.74) is 5.50. The van der Waals surface area contributed by atoms with Crippen molar-refractivity contribution in [3.05, 3.63) is 0 Å². The highest BCUT2D eigenvalue weighted by Crippen LogP contribution is 2.04. The molecule has 0 aliphatic carbocycles. The van der Waals surface area contributed by atoms with Gasteiger partial charge in [0.15, 0.2) is 0 Å². The normalized spacial score (nSPS) is 16.6. The zero-order valence-corrected chi connectivity index (χ0v) is 16.3. The van der Waals surface area contributed by atoms with E-state index < -0.39 is 66.5 Å². The van der Waals surface area contributed by atoms with Crippen LogP contribution in [0.25, 0.3) is 0 Å². The molecule has 5 atom stereocenters. The second-order valence-corrected chi connectivity index (χ2v) is 6.69. The minimum absolute atomic E-state index is 0.106. The number of rotatable bonds is 11. The molecule has 11 nitrogen and oxygen atoms in total. The third kappa shape index (κ3) is 8.12. The minimum atomic E-state index is -1.51. The van der Waals surface area contributed by atoms with E-state index in [0.29, 0.717) is 0 Å². The molecule has 0 aromatic carbocycles. The Morgan fingerprint density at radius 1 is 0.963 bits per heavy atom. The topological polar surface area (TPSA) is 191 Å². The summed E-state index contributed by atoms with van der Waals surface area (Å²) < 4.78 is 0. The third-order valence-corrected chi connectivity index (χ3v) is 4.05. The molecule has 3 amide bonds. The number of carbonyl (C=O) groups is 4. The maximum atomic E-state index is 12.4. The van der Waals surface area contributed by atoms with Gasteiger partial charge in [-0.15, -0.1) is 0 Å². The summed E-state index contributed by atoms with van der Waals surface area (Å²) in [5.74, 6) is -4.25. The maximum absolute atomic E-state index is 12.4. The molecular formula is C15H28N4O7S. The standard InChI is InChI=1S/C15H28N4O7S/c1-6(2)11(14(24)17-8(4-20)15(25)26)19-12(22)9(5-27)18-13(23)10(16)7(3)21/h6-11,20-21,27H,4-5,16H2,1-3H3,(H,17,24)(H,18,23)(H,19,22)(H,25,26). The van der Waals surface area contributed by atoms with E-state index in [1.807, 2.05) is 0 Å². The van der Waals surface area contributed by atoms with Crippen LogP contribution in [0.2, 0.25) is 0 Å². The molecule has 12 heteroatoms. The molecule has 0 spiro atoms. The molecule has 156 valence electrons. The van der Waals surface area contributed by atoms with Crippen molar-refractivity contribution in [3.8, 4) is 0 Å². The van der Waals surface area contributed by atoms with Crippen molar-refractivity contribution in [1.82, 2.24) is 16.0 Å². The number of nitrogens with two attached hydrogens (primary N) is 1. The largest absolute Gasteiger partial charge is 0.480 e. The second-order valence-electron chi connectivity index (χ2n) is 6.32. The quantitative estimate of drug-likeness (QED) is 0.164. The fourth-order valence-corrected chi connectivity index (χ4v) is 2.17. The van der Waals surface area contributed by atoms with E-state index in [9.17, 15) is 24.3 Å². The Balaban J connectivity index is 5.10. The molecule has 0 bridgehead atoms. The summed E-state index contributed by atoms with van der Waals surface area (Å²) in [4.78, 5) is 47.5. The van der Waals surface area contributed by atoms with Gasteiger partial charge in [-0.05, 0) is 12.8 Å². The third-order valence-electron chi connectivity index (χ3n) is 3.68. The molecule has 8 N–H and O–H groups in total. The molecule has 0 aromatic rings. The van der Waals surface area contributed by atoms with Gasteiger partial charge >= 0.3 is 5.97 Å². The van der Waals surface area contributed by atoms with Crippen LogP contribution in [0.1, 0.15) is 20.8 Å². The van der Waals surface area contributed by atoms with Crippen LogP contribution in [0, 0.1) is 5.92 Å². The van der Waals surface area contributed by atoms with Crippen molar-refractivity contribution in [2.75, 3.05) is 12.4 Å². The number of carboxylic acids is 1. The zero-order chi connectivity index (χ0) is 21.3. The summed E-state index contributed by atoms with van der Waals surface area (Å²) in [6.07, 6.45) is -1.13. The van der Waals surface area contributed by atoms with Gasteiger partial charge in [-0.2, -0.15) is 12.6 Å². The van der Waals surface area contributed by atoms with Crippen molar-refractivity contribution in [3.63, 3.8) is 0 Å². The predicted molar refractivity (Wildman–Crippen MR) is 98.9 cm³/mol. The van der Waals surface area contributed by atoms with Crippen LogP contribution in [0.15, 0.2) is 0 Å². The Labute approximate surface area is 162 Å². The van der Waals surface area contributed by atoms with Gasteiger partial charge in [-0.1, -0.05) is 13.8 Å². The van der Waals surface area contributed by atoms with Gasteiger partial charge in [0.2, 0.25) is 17.7 Å². The van der Waals surface area contributed by atoms with Crippen molar-refractivity contribution < 1.29 is 34.5 Å². The minimum Gasteiger partial charge on any atom is -0.480 e. The molecule has 0 aliphatic heterocycles. The zero-order valence-electron chi connectivity index (χ0n) is 15.4. The second kappa shape index (κ2) is 11.7. The highest BCUT2D eigenvalue weighted by molar-refractivity contribution is 7.80. The van der Waals surface area contributed by atoms with Crippen molar-refractivity contribution in [2.45, 2.75) is 51.0 Å². The molecule has 5 unspecified atom stereocenters. The Morgan fingerprint density at radius 3 is 1.85 bits per heavy atom. The summed E-state index contributed by atoms with van der Waals surface area (Å²) in [6.45, 7) is 3.75. The molecule has 0 saturated carbocycles. The molecule has 0 heterocycles. The molecule has 0 saturated heterocycles. The van der Waals surface area contributed by atoms with Gasteiger partial charge in [0.25, 0.3) is 0 Å². The van der Waals surface area contributed by atoms with E-state index in [4.69, 9.17) is 15.9 Å². The number of aliphatic hydroxyl groups is 2. The van der Waals surface area contributed by atoms with E-state index in [2.05, 4.69) is 28.6 Å². The lowest BCUT2D eigenvalue weighted by Crippen LogP contribution is -2.60. The van der Waals surface area contributed by atoms with Crippen molar-refractivity contribution >= 4 is 36.3 Å². The van der Waals surface area contributed by atoms with Gasteiger partial charge in [0.05, 0.1) is 12.7 Å². The highest BCUT2D eigenvalue weighted by Gasteiger charge is 2.31. The first kappa shape index (κ1) is 25.1. The Hall–Kier alpha value is -1.89. The van der Waals surface area contributed by atoms with Crippen LogP contribution in [0.4, 0.5) is 0 Å². The first-order valence-electron chi connectivity index (χ1n) is 8.25. The number of amides is 3. The number of nitrogens with one attached hydrogen (secondary N) is 3. The van der Waals surface area contributed by atoms with E-state index in [1.165, 1.54) is 6.92 Å². The molecule has 27 heavy (non-hydrogen) atoms. The Kier molecular flexibility index (Phi) is 10.9. The fraction of sp³-hybridized carbons (Fsp3) is 0.733. The molecule has 0 fully saturated rings. The van der Waals surface area contributed by atoms with Gasteiger partial charge in [-0.3, -0.25) is 14.4 Å². The molecule has 0 aromatic heterocycles. The van der Waals surface area contributed by atoms with Crippen LogP contribution in [-0.2, 0) is 19.2 Å². The van der Waals surface area contributed by atoms with Gasteiger partial charge in [0, 0.05) is 5.75 Å². The van der Waals surface area contributed by atoms with Crippen LogP contribution in [0.3, 0.4) is 0 Å². The SMILES string of the molecule is CC(C)C(NC(=O)C(CS)NC(=O)C(N)C(C)O)C(=O)NC(CO)C(=O)O. The summed E-state index contributed by atoms with van der Waals surface area (Å²) in [5, 5.41) is 34.1. The van der Waals surface area contributed by atoms with Crippen LogP contribution >= 0.6 is 12.6 Å².